The maximum Gasteiger partial charge on any atom is 0.353 e. The summed E-state index contributed by atoms with van der Waals surface area (Å²) in [5, 5.41) is 14.7. The highest BCUT2D eigenvalue weighted by molar-refractivity contribution is 9.10. The highest BCUT2D eigenvalue weighted by Crippen LogP contribution is 2.12. The van der Waals surface area contributed by atoms with E-state index in [0.29, 0.717) is 6.54 Å². The SMILES string of the molecule is O=C(O)C1=NOC(C(=O)NCc2ccc(Br)cc2)C1. The van der Waals surface area contributed by atoms with E-state index < -0.39 is 12.1 Å². The highest BCUT2D eigenvalue weighted by Gasteiger charge is 2.31. The first kappa shape index (κ1) is 13.5. The fourth-order valence-corrected chi connectivity index (χ4v) is 1.81. The van der Waals surface area contributed by atoms with Crippen LogP contribution in [0.1, 0.15) is 12.0 Å². The van der Waals surface area contributed by atoms with Crippen LogP contribution in [0.15, 0.2) is 33.9 Å². The molecule has 6 nitrogen and oxygen atoms in total. The van der Waals surface area contributed by atoms with Crippen LogP contribution in [-0.2, 0) is 21.0 Å². The third kappa shape index (κ3) is 3.54. The van der Waals surface area contributed by atoms with Gasteiger partial charge in [-0.3, -0.25) is 4.79 Å². The fourth-order valence-electron chi connectivity index (χ4n) is 1.55. The Morgan fingerprint density at radius 3 is 2.68 bits per heavy atom. The van der Waals surface area contributed by atoms with Crippen molar-refractivity contribution in [2.75, 3.05) is 0 Å². The molecule has 1 atom stereocenters. The Labute approximate surface area is 117 Å². The maximum atomic E-state index is 11.7. The van der Waals surface area contributed by atoms with Crippen molar-refractivity contribution in [3.8, 4) is 0 Å². The van der Waals surface area contributed by atoms with E-state index in [2.05, 4.69) is 26.4 Å². The van der Waals surface area contributed by atoms with Crippen LogP contribution >= 0.6 is 15.9 Å². The first-order valence-corrected chi connectivity index (χ1v) is 6.33. The lowest BCUT2D eigenvalue weighted by atomic mass is 10.1. The van der Waals surface area contributed by atoms with Gasteiger partial charge < -0.3 is 15.3 Å². The number of oxime groups is 1. The molecule has 0 aromatic heterocycles. The number of halogens is 1. The minimum absolute atomic E-state index is 0.0124. The zero-order valence-electron chi connectivity index (χ0n) is 9.80. The van der Waals surface area contributed by atoms with E-state index in [4.69, 9.17) is 9.94 Å². The van der Waals surface area contributed by atoms with Crippen molar-refractivity contribution in [3.63, 3.8) is 0 Å². The summed E-state index contributed by atoms with van der Waals surface area (Å²) in [4.78, 5) is 27.2. The number of carbonyl (C=O) groups excluding carboxylic acids is 1. The Morgan fingerprint density at radius 2 is 2.11 bits per heavy atom. The molecule has 100 valence electrons. The van der Waals surface area contributed by atoms with Crippen LogP contribution in [0.4, 0.5) is 0 Å². The second kappa shape index (κ2) is 5.83. The van der Waals surface area contributed by atoms with E-state index >= 15 is 0 Å². The molecule has 2 N–H and O–H groups in total. The monoisotopic (exact) mass is 326 g/mol. The zero-order chi connectivity index (χ0) is 13.8. The molecule has 1 aliphatic rings. The minimum atomic E-state index is -1.16. The number of aliphatic carboxylic acids is 1. The number of benzene rings is 1. The molecule has 1 heterocycles. The van der Waals surface area contributed by atoms with E-state index in [1.165, 1.54) is 0 Å². The average molecular weight is 327 g/mol. The molecule has 1 unspecified atom stereocenters. The second-order valence-electron chi connectivity index (χ2n) is 3.99. The summed E-state index contributed by atoms with van der Waals surface area (Å²) >= 11 is 3.32. The molecule has 0 saturated heterocycles. The molecule has 1 amide bonds. The Hall–Kier alpha value is -1.89. The normalized spacial score (nSPS) is 17.5. The molecular formula is C12H11BrN2O4. The number of rotatable bonds is 4. The third-order valence-electron chi connectivity index (χ3n) is 2.59. The summed E-state index contributed by atoms with van der Waals surface area (Å²) in [7, 11) is 0. The van der Waals surface area contributed by atoms with Crippen molar-refractivity contribution in [1.29, 1.82) is 0 Å². The first-order chi connectivity index (χ1) is 9.06. The van der Waals surface area contributed by atoms with Crippen molar-refractivity contribution < 1.29 is 19.5 Å². The number of hydrogen-bond acceptors (Lipinski definition) is 4. The second-order valence-corrected chi connectivity index (χ2v) is 4.90. The molecule has 1 aliphatic heterocycles. The van der Waals surface area contributed by atoms with E-state index in [-0.39, 0.29) is 18.0 Å². The van der Waals surface area contributed by atoms with Gasteiger partial charge in [0.05, 0.1) is 0 Å². The van der Waals surface area contributed by atoms with Gasteiger partial charge in [0.25, 0.3) is 5.91 Å². The number of carboxylic acids is 1. The Bertz CT molecular complexity index is 527. The first-order valence-electron chi connectivity index (χ1n) is 5.54. The summed E-state index contributed by atoms with van der Waals surface area (Å²) in [6.45, 7) is 0.356. The lowest BCUT2D eigenvalue weighted by Gasteiger charge is -2.09. The lowest BCUT2D eigenvalue weighted by Crippen LogP contribution is -2.34. The number of nitrogens with zero attached hydrogens (tertiary/aromatic N) is 1. The lowest BCUT2D eigenvalue weighted by molar-refractivity contribution is -0.131. The molecule has 0 bridgehead atoms. The Morgan fingerprint density at radius 1 is 1.42 bits per heavy atom. The van der Waals surface area contributed by atoms with Crippen molar-refractivity contribution in [2.45, 2.75) is 19.1 Å². The highest BCUT2D eigenvalue weighted by atomic mass is 79.9. The zero-order valence-corrected chi connectivity index (χ0v) is 11.4. The van der Waals surface area contributed by atoms with Gasteiger partial charge >= 0.3 is 5.97 Å². The maximum absolute atomic E-state index is 11.7. The largest absolute Gasteiger partial charge is 0.477 e. The van der Waals surface area contributed by atoms with Crippen LogP contribution in [-0.4, -0.2) is 28.8 Å². The quantitative estimate of drug-likeness (QED) is 0.872. The Kier molecular flexibility index (Phi) is 4.16. The van der Waals surface area contributed by atoms with Crippen molar-refractivity contribution >= 4 is 33.5 Å². The Balaban J connectivity index is 1.83. The van der Waals surface area contributed by atoms with Gasteiger partial charge in [0.1, 0.15) is 0 Å². The van der Waals surface area contributed by atoms with Gasteiger partial charge in [0.2, 0.25) is 6.10 Å². The summed E-state index contributed by atoms with van der Waals surface area (Å²) in [6, 6.07) is 7.50. The molecule has 0 radical (unpaired) electrons. The van der Waals surface area contributed by atoms with Gasteiger partial charge in [-0.2, -0.15) is 0 Å². The molecule has 0 fully saturated rings. The number of carbonyl (C=O) groups is 2. The summed E-state index contributed by atoms with van der Waals surface area (Å²) in [5.74, 6) is -1.54. The smallest absolute Gasteiger partial charge is 0.353 e. The molecule has 7 heteroatoms. The molecular weight excluding hydrogens is 316 g/mol. The third-order valence-corrected chi connectivity index (χ3v) is 3.12. The van der Waals surface area contributed by atoms with E-state index in [1.54, 1.807) is 0 Å². The molecule has 0 saturated carbocycles. The molecule has 2 rings (SSSR count). The van der Waals surface area contributed by atoms with Crippen molar-refractivity contribution in [2.24, 2.45) is 5.16 Å². The van der Waals surface area contributed by atoms with Crippen LogP contribution < -0.4 is 5.32 Å². The van der Waals surface area contributed by atoms with Crippen LogP contribution in [0.25, 0.3) is 0 Å². The van der Waals surface area contributed by atoms with E-state index in [9.17, 15) is 9.59 Å². The van der Waals surface area contributed by atoms with Crippen LogP contribution in [0, 0.1) is 0 Å². The predicted octanol–water partition coefficient (Wildman–Crippen LogP) is 1.29. The number of amides is 1. The van der Waals surface area contributed by atoms with Gasteiger partial charge in [-0.1, -0.05) is 33.2 Å². The number of carboxylic acid groups (broad SMARTS) is 1. The molecule has 19 heavy (non-hydrogen) atoms. The van der Waals surface area contributed by atoms with E-state index in [1.807, 2.05) is 24.3 Å². The van der Waals surface area contributed by atoms with Crippen molar-refractivity contribution in [3.05, 3.63) is 34.3 Å². The molecule has 0 spiro atoms. The van der Waals surface area contributed by atoms with Gasteiger partial charge in [-0.25, -0.2) is 4.79 Å². The van der Waals surface area contributed by atoms with Crippen LogP contribution in [0.2, 0.25) is 0 Å². The van der Waals surface area contributed by atoms with E-state index in [0.717, 1.165) is 10.0 Å². The minimum Gasteiger partial charge on any atom is -0.477 e. The summed E-state index contributed by atoms with van der Waals surface area (Å²) in [6.07, 6.45) is -0.872. The summed E-state index contributed by atoms with van der Waals surface area (Å²) < 4.78 is 0.959. The van der Waals surface area contributed by atoms with Crippen LogP contribution in [0.3, 0.4) is 0 Å². The molecule has 1 aromatic carbocycles. The van der Waals surface area contributed by atoms with Gasteiger partial charge in [-0.05, 0) is 17.7 Å². The molecule has 0 aliphatic carbocycles. The topological polar surface area (TPSA) is 88.0 Å². The number of nitrogens with one attached hydrogen (secondary N) is 1. The van der Waals surface area contributed by atoms with Gasteiger partial charge in [0.15, 0.2) is 5.71 Å². The summed E-state index contributed by atoms with van der Waals surface area (Å²) in [5.41, 5.74) is 0.803. The van der Waals surface area contributed by atoms with Crippen molar-refractivity contribution in [1.82, 2.24) is 5.32 Å². The predicted molar refractivity (Wildman–Crippen MR) is 70.5 cm³/mol. The number of hydrogen-bond donors (Lipinski definition) is 2. The van der Waals surface area contributed by atoms with Gasteiger partial charge in [-0.15, -0.1) is 0 Å². The average Bonchev–Trinajstić information content (AvgIpc) is 2.87. The fraction of sp³-hybridized carbons (Fsp3) is 0.250. The molecule has 1 aromatic rings. The van der Waals surface area contributed by atoms with Crippen LogP contribution in [0.5, 0.6) is 0 Å². The standard InChI is InChI=1S/C12H11BrN2O4/c13-8-3-1-7(2-4-8)6-14-11(16)10-5-9(12(17)18)15-19-10/h1-4,10H,5-6H2,(H,14,16)(H,17,18). The van der Waals surface area contributed by atoms with Gasteiger partial charge in [0, 0.05) is 17.4 Å².